The first-order valence-electron chi connectivity index (χ1n) is 11.2. The lowest BCUT2D eigenvalue weighted by atomic mass is 9.96. The first-order valence-corrected chi connectivity index (χ1v) is 12.6. The Morgan fingerprint density at radius 3 is 2.65 bits per heavy atom. The van der Waals surface area contributed by atoms with E-state index in [2.05, 4.69) is 20.7 Å². The molecule has 12 heteroatoms. The molecule has 0 saturated heterocycles. The fourth-order valence-corrected chi connectivity index (χ4v) is 4.11. The van der Waals surface area contributed by atoms with E-state index in [1.54, 1.807) is 12.1 Å². The molecular formula is C25H27FN4O6S. The third-order valence-electron chi connectivity index (χ3n) is 5.40. The van der Waals surface area contributed by atoms with Gasteiger partial charge in [0.25, 0.3) is 10.2 Å². The highest BCUT2D eigenvalue weighted by Gasteiger charge is 2.20. The Balaban J connectivity index is 2.07. The number of anilines is 1. The van der Waals surface area contributed by atoms with Gasteiger partial charge < -0.3 is 19.4 Å². The molecule has 10 nitrogen and oxygen atoms in total. The van der Waals surface area contributed by atoms with Crippen LogP contribution in [0.15, 0.2) is 45.6 Å². The zero-order valence-corrected chi connectivity index (χ0v) is 21.4. The summed E-state index contributed by atoms with van der Waals surface area (Å²) in [7, 11) is 0.316. The summed E-state index contributed by atoms with van der Waals surface area (Å²) < 4.78 is 53.9. The smallest absolute Gasteiger partial charge is 0.414 e. The normalized spacial score (nSPS) is 11.2. The molecule has 0 aliphatic carbocycles. The highest BCUT2D eigenvalue weighted by molar-refractivity contribution is 7.90. The molecule has 3 N–H and O–H groups in total. The Kier molecular flexibility index (Phi) is 8.88. The quantitative estimate of drug-likeness (QED) is 0.208. The molecule has 0 bridgehead atoms. The van der Waals surface area contributed by atoms with Crippen molar-refractivity contribution in [2.75, 3.05) is 39.0 Å². The van der Waals surface area contributed by atoms with Crippen molar-refractivity contribution in [3.05, 3.63) is 69.3 Å². The van der Waals surface area contributed by atoms with Crippen LogP contribution < -0.4 is 25.1 Å². The zero-order chi connectivity index (χ0) is 27.2. The van der Waals surface area contributed by atoms with Crippen LogP contribution in [-0.2, 0) is 23.1 Å². The SMILES string of the molecule is C#CCNCCc1c(Cc2cccc(NS(=O)(=O)NC)c2F)c(=O)oc2cc(OC(=O)N(C)C)ccc12. The molecule has 196 valence electrons. The number of benzene rings is 2. The van der Waals surface area contributed by atoms with Gasteiger partial charge in [-0.05, 0) is 35.7 Å². The number of hydrogen-bond donors (Lipinski definition) is 3. The van der Waals surface area contributed by atoms with Gasteiger partial charge in [-0.25, -0.2) is 18.7 Å². The lowest BCUT2D eigenvalue weighted by molar-refractivity contribution is 0.172. The predicted molar refractivity (Wildman–Crippen MR) is 138 cm³/mol. The summed E-state index contributed by atoms with van der Waals surface area (Å²) >= 11 is 0. The zero-order valence-electron chi connectivity index (χ0n) is 20.6. The second-order valence-electron chi connectivity index (χ2n) is 8.16. The van der Waals surface area contributed by atoms with Gasteiger partial charge >= 0.3 is 11.7 Å². The van der Waals surface area contributed by atoms with Gasteiger partial charge in [0.15, 0.2) is 5.82 Å². The average molecular weight is 531 g/mol. The number of rotatable bonds is 10. The summed E-state index contributed by atoms with van der Waals surface area (Å²) in [6.45, 7) is 0.749. The summed E-state index contributed by atoms with van der Waals surface area (Å²) in [5, 5.41) is 3.64. The minimum Gasteiger partial charge on any atom is -0.422 e. The summed E-state index contributed by atoms with van der Waals surface area (Å²) in [5.74, 6) is 1.85. The van der Waals surface area contributed by atoms with Gasteiger partial charge in [0.1, 0.15) is 11.3 Å². The van der Waals surface area contributed by atoms with Crippen molar-refractivity contribution in [2.45, 2.75) is 12.8 Å². The summed E-state index contributed by atoms with van der Waals surface area (Å²) in [4.78, 5) is 26.2. The van der Waals surface area contributed by atoms with E-state index in [1.165, 1.54) is 50.3 Å². The first kappa shape index (κ1) is 27.7. The molecule has 1 aromatic heterocycles. The van der Waals surface area contributed by atoms with Crippen LogP contribution in [0.4, 0.5) is 14.9 Å². The predicted octanol–water partition coefficient (Wildman–Crippen LogP) is 2.22. The Morgan fingerprint density at radius 1 is 1.22 bits per heavy atom. The maximum atomic E-state index is 15.2. The van der Waals surface area contributed by atoms with Crippen molar-refractivity contribution in [3.8, 4) is 18.1 Å². The van der Waals surface area contributed by atoms with Crippen molar-refractivity contribution < 1.29 is 26.8 Å². The monoisotopic (exact) mass is 530 g/mol. The van der Waals surface area contributed by atoms with Crippen molar-refractivity contribution in [1.82, 2.24) is 14.9 Å². The van der Waals surface area contributed by atoms with Gasteiger partial charge in [0.05, 0.1) is 12.2 Å². The molecule has 0 aliphatic heterocycles. The van der Waals surface area contributed by atoms with Crippen LogP contribution in [0, 0.1) is 18.2 Å². The Hall–Kier alpha value is -3.92. The lowest BCUT2D eigenvalue weighted by Crippen LogP contribution is -2.27. The third-order valence-corrected chi connectivity index (χ3v) is 6.43. The molecule has 0 spiro atoms. The number of terminal acetylenes is 1. The number of halogens is 1. The lowest BCUT2D eigenvalue weighted by Gasteiger charge is -2.15. The van der Waals surface area contributed by atoms with Crippen LogP contribution in [0.5, 0.6) is 5.75 Å². The van der Waals surface area contributed by atoms with E-state index in [1.807, 2.05) is 0 Å². The van der Waals surface area contributed by atoms with E-state index in [4.69, 9.17) is 15.6 Å². The topological polar surface area (TPSA) is 130 Å². The van der Waals surface area contributed by atoms with Crippen LogP contribution in [0.1, 0.15) is 16.7 Å². The second-order valence-corrected chi connectivity index (χ2v) is 9.78. The van der Waals surface area contributed by atoms with Gasteiger partial charge in [0, 0.05) is 51.1 Å². The molecule has 3 rings (SSSR count). The standard InChI is InChI=1S/C25H27FN4O6S/c1-5-12-28-13-11-18-19-10-9-17(35-25(32)30(3)4)15-22(19)36-24(31)20(18)14-16-7-6-8-21(23(16)26)29-37(33,34)27-2/h1,6-10,15,27-29H,11-14H2,2-4H3. The number of ether oxygens (including phenoxy) is 1. The number of fused-ring (bicyclic) bond motifs is 1. The maximum Gasteiger partial charge on any atom is 0.414 e. The third kappa shape index (κ3) is 6.85. The molecule has 3 aromatic rings. The number of carbonyl (C=O) groups is 1. The molecular weight excluding hydrogens is 503 g/mol. The van der Waals surface area contributed by atoms with E-state index >= 15 is 4.39 Å². The Labute approximate surface area is 214 Å². The van der Waals surface area contributed by atoms with Crippen LogP contribution >= 0.6 is 0 Å². The molecule has 1 amide bonds. The van der Waals surface area contributed by atoms with Crippen LogP contribution in [0.25, 0.3) is 11.0 Å². The summed E-state index contributed by atoms with van der Waals surface area (Å²) in [6.07, 6.45) is 4.92. The maximum absolute atomic E-state index is 15.2. The number of hydrogen-bond acceptors (Lipinski definition) is 7. The van der Waals surface area contributed by atoms with E-state index in [9.17, 15) is 18.0 Å². The largest absolute Gasteiger partial charge is 0.422 e. The Bertz CT molecular complexity index is 1510. The molecule has 0 fully saturated rings. The summed E-state index contributed by atoms with van der Waals surface area (Å²) in [5.41, 5.74) is 0.137. The fraction of sp³-hybridized carbons (Fsp3) is 0.280. The highest BCUT2D eigenvalue weighted by atomic mass is 32.2. The van der Waals surface area contributed by atoms with E-state index < -0.39 is 27.7 Å². The van der Waals surface area contributed by atoms with Crippen molar-refractivity contribution in [2.24, 2.45) is 0 Å². The highest BCUT2D eigenvalue weighted by Crippen LogP contribution is 2.28. The van der Waals surface area contributed by atoms with Crippen LogP contribution in [0.2, 0.25) is 0 Å². The van der Waals surface area contributed by atoms with Gasteiger partial charge in [-0.1, -0.05) is 18.1 Å². The van der Waals surface area contributed by atoms with Gasteiger partial charge in [-0.15, -0.1) is 6.42 Å². The van der Waals surface area contributed by atoms with Crippen molar-refractivity contribution in [1.29, 1.82) is 0 Å². The molecule has 37 heavy (non-hydrogen) atoms. The van der Waals surface area contributed by atoms with Crippen molar-refractivity contribution >= 4 is 33.0 Å². The van der Waals surface area contributed by atoms with E-state index in [0.717, 1.165) is 0 Å². The molecule has 0 saturated carbocycles. The number of nitrogens with one attached hydrogen (secondary N) is 3. The fourth-order valence-electron chi connectivity index (χ4n) is 3.56. The number of nitrogens with zero attached hydrogens (tertiary/aromatic N) is 1. The van der Waals surface area contributed by atoms with Gasteiger partial charge in [-0.3, -0.25) is 4.72 Å². The summed E-state index contributed by atoms with van der Waals surface area (Å²) in [6, 6.07) is 8.88. The average Bonchev–Trinajstić information content (AvgIpc) is 2.85. The second kappa shape index (κ2) is 11.9. The molecule has 2 aromatic carbocycles. The number of amides is 1. The van der Waals surface area contributed by atoms with Crippen LogP contribution in [-0.4, -0.2) is 53.6 Å². The van der Waals surface area contributed by atoms with E-state index in [0.29, 0.717) is 30.5 Å². The Morgan fingerprint density at radius 2 is 1.97 bits per heavy atom. The molecule has 1 heterocycles. The van der Waals surface area contributed by atoms with Gasteiger partial charge in [-0.2, -0.15) is 8.42 Å². The van der Waals surface area contributed by atoms with Crippen LogP contribution in [0.3, 0.4) is 0 Å². The minimum absolute atomic E-state index is 0.0947. The molecule has 0 aliphatic rings. The van der Waals surface area contributed by atoms with Gasteiger partial charge in [0.2, 0.25) is 0 Å². The molecule has 0 unspecified atom stereocenters. The van der Waals surface area contributed by atoms with Crippen molar-refractivity contribution in [3.63, 3.8) is 0 Å². The molecule has 0 atom stereocenters. The first-order chi connectivity index (χ1) is 17.6. The van der Waals surface area contributed by atoms with E-state index in [-0.39, 0.29) is 34.6 Å². The number of carbonyl (C=O) groups excluding carboxylic acids is 1. The minimum atomic E-state index is -3.95. The molecule has 0 radical (unpaired) electrons.